The van der Waals surface area contributed by atoms with Gasteiger partial charge < -0.3 is 10.3 Å². The van der Waals surface area contributed by atoms with E-state index in [-0.39, 0.29) is 0 Å². The molecule has 5 heteroatoms. The molecule has 1 fully saturated rings. The van der Waals surface area contributed by atoms with Crippen molar-refractivity contribution in [3.63, 3.8) is 0 Å². The highest BCUT2D eigenvalue weighted by Gasteiger charge is 2.24. The van der Waals surface area contributed by atoms with Gasteiger partial charge in [-0.2, -0.15) is 4.98 Å². The Hall–Kier alpha value is -0.940. The van der Waals surface area contributed by atoms with Crippen molar-refractivity contribution in [2.24, 2.45) is 5.73 Å². The molecule has 0 amide bonds. The van der Waals surface area contributed by atoms with Gasteiger partial charge in [-0.1, -0.05) is 12.1 Å². The van der Waals surface area contributed by atoms with Crippen LogP contribution in [0.4, 0.5) is 0 Å². The number of nitrogens with two attached hydrogens (primary N) is 1. The summed E-state index contributed by atoms with van der Waals surface area (Å²) in [6, 6.07) is 0.856. The molecule has 96 valence electrons. The molecule has 2 N–H and O–H groups in total. The van der Waals surface area contributed by atoms with Gasteiger partial charge in [0, 0.05) is 25.0 Å². The number of likely N-dealkylation sites (tertiary alicyclic amines) is 1. The van der Waals surface area contributed by atoms with Gasteiger partial charge in [0.1, 0.15) is 0 Å². The van der Waals surface area contributed by atoms with E-state index in [1.54, 1.807) is 0 Å². The van der Waals surface area contributed by atoms with Crippen LogP contribution < -0.4 is 5.73 Å². The van der Waals surface area contributed by atoms with Crippen LogP contribution in [0.25, 0.3) is 0 Å². The molecule has 2 unspecified atom stereocenters. The van der Waals surface area contributed by atoms with Gasteiger partial charge in [-0.15, -0.1) is 0 Å². The standard InChI is InChI=1S/C12H22N4O/c1-3-4-12-14-11(15-17-12)8-16-6-5-10(13)7-9(16)2/h9-10H,3-8,13H2,1-2H3. The lowest BCUT2D eigenvalue weighted by molar-refractivity contribution is 0.135. The summed E-state index contributed by atoms with van der Waals surface area (Å²) in [7, 11) is 0. The van der Waals surface area contributed by atoms with E-state index in [1.165, 1.54) is 0 Å². The molecule has 1 aromatic heterocycles. The number of hydrogen-bond acceptors (Lipinski definition) is 5. The second-order valence-electron chi connectivity index (χ2n) is 4.96. The fourth-order valence-corrected chi connectivity index (χ4v) is 2.34. The van der Waals surface area contributed by atoms with E-state index >= 15 is 0 Å². The predicted octanol–water partition coefficient (Wildman–Crippen LogP) is 1.33. The molecule has 0 aliphatic carbocycles. The molecule has 17 heavy (non-hydrogen) atoms. The number of rotatable bonds is 4. The highest BCUT2D eigenvalue weighted by Crippen LogP contribution is 2.17. The lowest BCUT2D eigenvalue weighted by atomic mass is 9.99. The fourth-order valence-electron chi connectivity index (χ4n) is 2.34. The zero-order valence-electron chi connectivity index (χ0n) is 10.7. The van der Waals surface area contributed by atoms with E-state index < -0.39 is 0 Å². The van der Waals surface area contributed by atoms with Crippen LogP contribution in [0.1, 0.15) is 44.8 Å². The lowest BCUT2D eigenvalue weighted by Crippen LogP contribution is -2.45. The second kappa shape index (κ2) is 5.60. The molecule has 5 nitrogen and oxygen atoms in total. The number of nitrogens with zero attached hydrogens (tertiary/aromatic N) is 3. The Kier molecular flexibility index (Phi) is 4.12. The first-order valence-electron chi connectivity index (χ1n) is 6.50. The van der Waals surface area contributed by atoms with E-state index in [0.29, 0.717) is 12.1 Å². The molecule has 1 aromatic rings. The second-order valence-corrected chi connectivity index (χ2v) is 4.96. The summed E-state index contributed by atoms with van der Waals surface area (Å²) in [6.07, 6.45) is 4.02. The van der Waals surface area contributed by atoms with Crippen molar-refractivity contribution < 1.29 is 4.52 Å². The van der Waals surface area contributed by atoms with Crippen molar-refractivity contribution in [2.45, 2.75) is 58.2 Å². The van der Waals surface area contributed by atoms with Crippen molar-refractivity contribution in [1.82, 2.24) is 15.0 Å². The van der Waals surface area contributed by atoms with Crippen LogP contribution in [0.5, 0.6) is 0 Å². The summed E-state index contributed by atoms with van der Waals surface area (Å²) in [5, 5.41) is 4.02. The van der Waals surface area contributed by atoms with Crippen LogP contribution in [-0.2, 0) is 13.0 Å². The largest absolute Gasteiger partial charge is 0.339 e. The van der Waals surface area contributed by atoms with Gasteiger partial charge in [-0.25, -0.2) is 0 Å². The monoisotopic (exact) mass is 238 g/mol. The van der Waals surface area contributed by atoms with Crippen LogP contribution in [-0.4, -0.2) is 33.7 Å². The van der Waals surface area contributed by atoms with E-state index in [9.17, 15) is 0 Å². The number of aryl methyl sites for hydroxylation is 1. The summed E-state index contributed by atoms with van der Waals surface area (Å²) in [5.41, 5.74) is 5.95. The van der Waals surface area contributed by atoms with E-state index in [1.807, 2.05) is 0 Å². The Morgan fingerprint density at radius 2 is 2.35 bits per heavy atom. The zero-order chi connectivity index (χ0) is 12.3. The van der Waals surface area contributed by atoms with E-state index in [2.05, 4.69) is 28.9 Å². The minimum atomic E-state index is 0.349. The molecule has 0 spiro atoms. The number of aromatic nitrogens is 2. The highest BCUT2D eigenvalue weighted by molar-refractivity contribution is 4.89. The van der Waals surface area contributed by atoms with Gasteiger partial charge in [0.25, 0.3) is 0 Å². The Bertz CT molecular complexity index is 352. The molecule has 0 bridgehead atoms. The number of piperidine rings is 1. The Balaban J connectivity index is 1.91. The third kappa shape index (κ3) is 3.26. The third-order valence-corrected chi connectivity index (χ3v) is 3.37. The average molecular weight is 238 g/mol. The molecular weight excluding hydrogens is 216 g/mol. The molecule has 0 saturated carbocycles. The van der Waals surface area contributed by atoms with Gasteiger partial charge in [0.15, 0.2) is 5.82 Å². The van der Waals surface area contributed by atoms with Crippen LogP contribution in [0, 0.1) is 0 Å². The van der Waals surface area contributed by atoms with Gasteiger partial charge in [0.2, 0.25) is 5.89 Å². The fraction of sp³-hybridized carbons (Fsp3) is 0.833. The maximum atomic E-state index is 5.95. The molecule has 2 atom stereocenters. The first-order chi connectivity index (χ1) is 8.19. The summed E-state index contributed by atoms with van der Waals surface area (Å²) in [6.45, 7) is 6.13. The number of hydrogen-bond donors (Lipinski definition) is 1. The topological polar surface area (TPSA) is 68.2 Å². The molecular formula is C12H22N4O. The molecule has 2 heterocycles. The van der Waals surface area contributed by atoms with E-state index in [0.717, 1.165) is 50.5 Å². The third-order valence-electron chi connectivity index (χ3n) is 3.37. The SMILES string of the molecule is CCCc1nc(CN2CCC(N)CC2C)no1. The van der Waals surface area contributed by atoms with Crippen LogP contribution in [0.2, 0.25) is 0 Å². The van der Waals surface area contributed by atoms with Crippen LogP contribution in [0.3, 0.4) is 0 Å². The molecule has 1 aliphatic heterocycles. The summed E-state index contributed by atoms with van der Waals surface area (Å²) in [5.74, 6) is 1.56. The van der Waals surface area contributed by atoms with Crippen molar-refractivity contribution in [2.75, 3.05) is 6.54 Å². The summed E-state index contributed by atoms with van der Waals surface area (Å²) >= 11 is 0. The van der Waals surface area contributed by atoms with E-state index in [4.69, 9.17) is 10.3 Å². The molecule has 0 aromatic carbocycles. The minimum Gasteiger partial charge on any atom is -0.339 e. The Labute approximate surface area is 102 Å². The first kappa shape index (κ1) is 12.5. The van der Waals surface area contributed by atoms with Crippen molar-refractivity contribution in [3.8, 4) is 0 Å². The Morgan fingerprint density at radius 1 is 1.53 bits per heavy atom. The molecule has 0 radical (unpaired) electrons. The van der Waals surface area contributed by atoms with Gasteiger partial charge in [-0.05, 0) is 26.2 Å². The van der Waals surface area contributed by atoms with Gasteiger partial charge in [-0.3, -0.25) is 4.90 Å². The maximum Gasteiger partial charge on any atom is 0.226 e. The summed E-state index contributed by atoms with van der Waals surface area (Å²) < 4.78 is 5.19. The normalized spacial score (nSPS) is 26.3. The summed E-state index contributed by atoms with van der Waals surface area (Å²) in [4.78, 5) is 6.78. The van der Waals surface area contributed by atoms with Gasteiger partial charge >= 0.3 is 0 Å². The quantitative estimate of drug-likeness (QED) is 0.857. The Morgan fingerprint density at radius 3 is 3.06 bits per heavy atom. The predicted molar refractivity (Wildman–Crippen MR) is 65.4 cm³/mol. The average Bonchev–Trinajstić information content (AvgIpc) is 2.71. The zero-order valence-corrected chi connectivity index (χ0v) is 10.7. The smallest absolute Gasteiger partial charge is 0.226 e. The first-order valence-corrected chi connectivity index (χ1v) is 6.50. The lowest BCUT2D eigenvalue weighted by Gasteiger charge is -2.35. The molecule has 1 saturated heterocycles. The highest BCUT2D eigenvalue weighted by atomic mass is 16.5. The van der Waals surface area contributed by atoms with Crippen molar-refractivity contribution in [3.05, 3.63) is 11.7 Å². The molecule has 2 rings (SSSR count). The van der Waals surface area contributed by atoms with Crippen molar-refractivity contribution >= 4 is 0 Å². The van der Waals surface area contributed by atoms with Crippen LogP contribution >= 0.6 is 0 Å². The van der Waals surface area contributed by atoms with Crippen molar-refractivity contribution in [1.29, 1.82) is 0 Å². The molecule has 1 aliphatic rings. The van der Waals surface area contributed by atoms with Gasteiger partial charge in [0.05, 0.1) is 6.54 Å². The minimum absolute atomic E-state index is 0.349. The van der Waals surface area contributed by atoms with Crippen LogP contribution in [0.15, 0.2) is 4.52 Å². The maximum absolute atomic E-state index is 5.95.